The van der Waals surface area contributed by atoms with E-state index in [1.54, 1.807) is 18.5 Å². The highest BCUT2D eigenvalue weighted by Crippen LogP contribution is 2.26. The van der Waals surface area contributed by atoms with E-state index in [0.29, 0.717) is 12.1 Å². The Bertz CT molecular complexity index is 1560. The Morgan fingerprint density at radius 3 is 2.33 bits per heavy atom. The number of nitrogen functional groups attached to an aromatic ring is 1. The quantitative estimate of drug-likeness (QED) is 0.207. The zero-order valence-electron chi connectivity index (χ0n) is 21.5. The zero-order chi connectivity index (χ0) is 28.2. The number of nitrogens with one attached hydrogen (secondary N) is 2. The van der Waals surface area contributed by atoms with Crippen molar-refractivity contribution in [3.05, 3.63) is 82.8 Å². The third-order valence-corrected chi connectivity index (χ3v) is 6.83. The molecule has 5 N–H and O–H groups in total. The predicted molar refractivity (Wildman–Crippen MR) is 144 cm³/mol. The summed E-state index contributed by atoms with van der Waals surface area (Å²) < 4.78 is 0. The molecule has 12 nitrogen and oxygen atoms in total. The van der Waals surface area contributed by atoms with Crippen LogP contribution in [-0.4, -0.2) is 59.7 Å². The first-order valence-corrected chi connectivity index (χ1v) is 12.8. The van der Waals surface area contributed by atoms with Crippen LogP contribution in [-0.2, 0) is 29.0 Å². The Kier molecular flexibility index (Phi) is 7.49. The molecule has 2 aromatic carbocycles. The first-order valence-electron chi connectivity index (χ1n) is 12.8. The van der Waals surface area contributed by atoms with Gasteiger partial charge in [-0.1, -0.05) is 36.4 Å². The number of amides is 3. The Morgan fingerprint density at radius 2 is 1.65 bits per heavy atom. The number of carboxylic acid groups (broad SMARTS) is 1. The summed E-state index contributed by atoms with van der Waals surface area (Å²) >= 11 is 0. The molecule has 0 saturated heterocycles. The highest BCUT2D eigenvalue weighted by molar-refractivity contribution is 6.22. The molecule has 5 rings (SSSR count). The van der Waals surface area contributed by atoms with Crippen LogP contribution in [0, 0.1) is 0 Å². The fraction of sp³-hybridized carbons (Fsp3) is 0.250. The fourth-order valence-electron chi connectivity index (χ4n) is 4.78. The molecule has 1 atom stereocenters. The highest BCUT2D eigenvalue weighted by Gasteiger charge is 2.42. The van der Waals surface area contributed by atoms with E-state index in [2.05, 4.69) is 25.3 Å². The number of anilines is 1. The average molecular weight is 542 g/mol. The summed E-state index contributed by atoms with van der Waals surface area (Å²) in [5.41, 5.74) is 10.3. The van der Waals surface area contributed by atoms with E-state index in [1.807, 2.05) is 24.3 Å². The molecule has 2 aromatic heterocycles. The summed E-state index contributed by atoms with van der Waals surface area (Å²) in [6.07, 6.45) is 3.58. The monoisotopic (exact) mass is 541 g/mol. The van der Waals surface area contributed by atoms with Crippen LogP contribution in [0.1, 0.15) is 56.8 Å². The molecular weight excluding hydrogens is 514 g/mol. The van der Waals surface area contributed by atoms with Crippen LogP contribution in [0.5, 0.6) is 0 Å². The molecule has 3 amide bonds. The van der Waals surface area contributed by atoms with Gasteiger partial charge in [-0.15, -0.1) is 0 Å². The minimum atomic E-state index is -1.43. The van der Waals surface area contributed by atoms with Crippen molar-refractivity contribution in [2.45, 2.75) is 44.7 Å². The van der Waals surface area contributed by atoms with Crippen molar-refractivity contribution in [3.8, 4) is 0 Å². The van der Waals surface area contributed by atoms with Gasteiger partial charge in [-0.05, 0) is 48.9 Å². The van der Waals surface area contributed by atoms with Gasteiger partial charge in [0.2, 0.25) is 11.9 Å². The van der Waals surface area contributed by atoms with Crippen LogP contribution < -0.4 is 11.1 Å². The van der Waals surface area contributed by atoms with E-state index in [-0.39, 0.29) is 42.4 Å². The molecule has 40 heavy (non-hydrogen) atoms. The lowest BCUT2D eigenvalue weighted by atomic mass is 10.0. The Balaban J connectivity index is 1.09. The SMILES string of the molecule is Nc1nc(CCCc2ccc(CNC(=O)CCC(C(=O)O)N3C(=O)c4ccccc4C3=O)cc2)c2nc[nH]c2n1. The molecule has 1 unspecified atom stereocenters. The minimum Gasteiger partial charge on any atom is -0.480 e. The Labute approximate surface area is 228 Å². The Morgan fingerprint density at radius 1 is 0.975 bits per heavy atom. The number of H-pyrrole nitrogens is 1. The second-order valence-corrected chi connectivity index (χ2v) is 9.49. The van der Waals surface area contributed by atoms with Crippen molar-refractivity contribution in [2.24, 2.45) is 0 Å². The molecule has 0 spiro atoms. The number of nitrogens with zero attached hydrogens (tertiary/aromatic N) is 4. The van der Waals surface area contributed by atoms with E-state index in [1.165, 1.54) is 12.1 Å². The number of carbonyl (C=O) groups excluding carboxylic acids is 3. The van der Waals surface area contributed by atoms with Crippen molar-refractivity contribution in [1.29, 1.82) is 0 Å². The van der Waals surface area contributed by atoms with Gasteiger partial charge in [-0.2, -0.15) is 4.98 Å². The number of fused-ring (bicyclic) bond motifs is 2. The summed E-state index contributed by atoms with van der Waals surface area (Å²) in [5, 5.41) is 12.4. The van der Waals surface area contributed by atoms with E-state index in [0.717, 1.165) is 40.1 Å². The van der Waals surface area contributed by atoms with Crippen LogP contribution in [0.2, 0.25) is 0 Å². The number of aliphatic carboxylic acids is 1. The van der Waals surface area contributed by atoms with Crippen molar-refractivity contribution >= 4 is 40.8 Å². The maximum absolute atomic E-state index is 12.7. The molecule has 0 saturated carbocycles. The topological polar surface area (TPSA) is 184 Å². The van der Waals surface area contributed by atoms with Crippen molar-refractivity contribution in [2.75, 3.05) is 5.73 Å². The summed E-state index contributed by atoms with van der Waals surface area (Å²) in [6, 6.07) is 12.6. The molecule has 1 aliphatic heterocycles. The summed E-state index contributed by atoms with van der Waals surface area (Å²) in [5.74, 6) is -2.83. The van der Waals surface area contributed by atoms with Crippen molar-refractivity contribution in [1.82, 2.24) is 30.2 Å². The van der Waals surface area contributed by atoms with Crippen LogP contribution in [0.4, 0.5) is 5.95 Å². The number of aromatic nitrogens is 4. The van der Waals surface area contributed by atoms with Gasteiger partial charge >= 0.3 is 5.97 Å². The number of benzene rings is 2. The normalized spacial score (nSPS) is 13.4. The second-order valence-electron chi connectivity index (χ2n) is 9.49. The number of aryl methyl sites for hydroxylation is 2. The number of nitrogens with two attached hydrogens (primary N) is 1. The largest absolute Gasteiger partial charge is 0.480 e. The molecule has 0 fully saturated rings. The van der Waals surface area contributed by atoms with Gasteiger partial charge in [0.05, 0.1) is 23.1 Å². The second kappa shape index (κ2) is 11.3. The molecular formula is C28H27N7O5. The highest BCUT2D eigenvalue weighted by atomic mass is 16.4. The van der Waals surface area contributed by atoms with Crippen LogP contribution in [0.3, 0.4) is 0 Å². The predicted octanol–water partition coefficient (Wildman–Crippen LogP) is 2.26. The van der Waals surface area contributed by atoms with Gasteiger partial charge in [0.25, 0.3) is 11.8 Å². The van der Waals surface area contributed by atoms with Gasteiger partial charge in [0.1, 0.15) is 11.6 Å². The number of imide groups is 1. The Hall–Kier alpha value is -5.13. The minimum absolute atomic E-state index is 0.153. The van der Waals surface area contributed by atoms with Gasteiger partial charge in [-0.3, -0.25) is 19.3 Å². The van der Waals surface area contributed by atoms with E-state index >= 15 is 0 Å². The molecule has 0 radical (unpaired) electrons. The number of imidazole rings is 1. The van der Waals surface area contributed by atoms with Crippen LogP contribution in [0.25, 0.3) is 11.2 Å². The molecule has 204 valence electrons. The number of rotatable bonds is 11. The lowest BCUT2D eigenvalue weighted by Crippen LogP contribution is -2.45. The lowest BCUT2D eigenvalue weighted by molar-refractivity contribution is -0.142. The lowest BCUT2D eigenvalue weighted by Gasteiger charge is -2.22. The van der Waals surface area contributed by atoms with Crippen LogP contribution >= 0.6 is 0 Å². The maximum Gasteiger partial charge on any atom is 0.326 e. The maximum atomic E-state index is 12.7. The molecule has 12 heteroatoms. The van der Waals surface area contributed by atoms with Gasteiger partial charge in [-0.25, -0.2) is 14.8 Å². The van der Waals surface area contributed by atoms with E-state index < -0.39 is 23.8 Å². The fourth-order valence-corrected chi connectivity index (χ4v) is 4.78. The number of carboxylic acids is 1. The third-order valence-electron chi connectivity index (χ3n) is 6.83. The summed E-state index contributed by atoms with van der Waals surface area (Å²) in [4.78, 5) is 66.0. The number of hydrogen-bond donors (Lipinski definition) is 4. The molecule has 4 aromatic rings. The number of hydrogen-bond acceptors (Lipinski definition) is 8. The van der Waals surface area contributed by atoms with Gasteiger partial charge in [0, 0.05) is 13.0 Å². The van der Waals surface area contributed by atoms with Crippen molar-refractivity contribution in [3.63, 3.8) is 0 Å². The first kappa shape index (κ1) is 26.5. The van der Waals surface area contributed by atoms with E-state index in [9.17, 15) is 24.3 Å². The molecule has 0 bridgehead atoms. The van der Waals surface area contributed by atoms with E-state index in [4.69, 9.17) is 5.73 Å². The van der Waals surface area contributed by atoms with Gasteiger partial charge in [0.15, 0.2) is 5.65 Å². The number of carbonyl (C=O) groups is 4. The molecule has 0 aliphatic carbocycles. The van der Waals surface area contributed by atoms with Crippen molar-refractivity contribution < 1.29 is 24.3 Å². The van der Waals surface area contributed by atoms with Crippen LogP contribution in [0.15, 0.2) is 54.9 Å². The standard InChI is InChI=1S/C28H27N7O5/c29-28-33-20(23-24(34-28)32-15-31-23)7-3-4-16-8-10-17(11-9-16)14-30-22(36)13-12-21(27(39)40)35-25(37)18-5-1-2-6-19(18)26(35)38/h1-2,5-6,8-11,15,21H,3-4,7,12-14H2,(H,30,36)(H,39,40)(H3,29,31,32,33,34). The summed E-state index contributed by atoms with van der Waals surface area (Å²) in [6.45, 7) is 0.265. The summed E-state index contributed by atoms with van der Waals surface area (Å²) in [7, 11) is 0. The molecule has 3 heterocycles. The third kappa shape index (κ3) is 5.51. The first-order chi connectivity index (χ1) is 19.3. The van der Waals surface area contributed by atoms with Gasteiger partial charge < -0.3 is 21.1 Å². The molecule has 1 aliphatic rings. The zero-order valence-corrected chi connectivity index (χ0v) is 21.5. The smallest absolute Gasteiger partial charge is 0.326 e. The number of aromatic amines is 1. The average Bonchev–Trinajstić information content (AvgIpc) is 3.51.